The first-order valence-electron chi connectivity index (χ1n) is 13.5. The number of hydrogen-bond acceptors (Lipinski definition) is 6. The Morgan fingerprint density at radius 1 is 0.806 bits per heavy atom. The Balaban J connectivity index is 1.16. The largest absolute Gasteiger partial charge is 0.493 e. The lowest BCUT2D eigenvalue weighted by atomic mass is 9.94. The van der Waals surface area contributed by atoms with Crippen LogP contribution in [0.25, 0.3) is 0 Å². The zero-order chi connectivity index (χ0) is 25.8. The zero-order valence-corrected chi connectivity index (χ0v) is 21.7. The Hall–Kier alpha value is -2.90. The van der Waals surface area contributed by atoms with Crippen molar-refractivity contribution in [2.75, 3.05) is 23.8 Å². The third-order valence-electron chi connectivity index (χ3n) is 6.79. The van der Waals surface area contributed by atoms with E-state index in [0.717, 1.165) is 38.5 Å². The number of ether oxygens (including phenoxy) is 2. The van der Waals surface area contributed by atoms with E-state index in [2.05, 4.69) is 27.8 Å². The quantitative estimate of drug-likeness (QED) is 0.173. The number of unbranched alkanes of at least 4 members (excludes halogenated alkanes) is 8. The summed E-state index contributed by atoms with van der Waals surface area (Å²) in [7, 11) is 0. The molecule has 36 heavy (non-hydrogen) atoms. The molecule has 198 valence electrons. The minimum atomic E-state index is -0.236. The first kappa shape index (κ1) is 27.7. The molecule has 0 spiro atoms. The van der Waals surface area contributed by atoms with Crippen molar-refractivity contribution in [1.82, 2.24) is 4.98 Å². The van der Waals surface area contributed by atoms with Crippen LogP contribution in [0, 0.1) is 17.8 Å². The van der Waals surface area contributed by atoms with Crippen molar-refractivity contribution in [3.8, 4) is 5.75 Å². The molecule has 3 atom stereocenters. The minimum absolute atomic E-state index is 0.0149. The number of amides is 2. The number of pyridine rings is 1. The third-order valence-corrected chi connectivity index (χ3v) is 6.79. The zero-order valence-electron chi connectivity index (χ0n) is 21.7. The second-order valence-electron chi connectivity index (χ2n) is 10.0. The van der Waals surface area contributed by atoms with Crippen molar-refractivity contribution in [3.05, 3.63) is 24.3 Å². The molecule has 0 radical (unpaired) electrons. The number of allylic oxidation sites excluding steroid dienone is 2. The molecule has 2 aliphatic rings. The highest BCUT2D eigenvalue weighted by molar-refractivity contribution is 5.90. The molecule has 0 unspecified atom stereocenters. The van der Waals surface area contributed by atoms with Crippen molar-refractivity contribution < 1.29 is 23.9 Å². The molecular weight excluding hydrogens is 458 g/mol. The molecule has 0 aromatic carbocycles. The summed E-state index contributed by atoms with van der Waals surface area (Å²) in [6.45, 7) is 3.94. The smallest absolute Gasteiger partial charge is 0.309 e. The fourth-order valence-electron chi connectivity index (χ4n) is 5.04. The summed E-state index contributed by atoms with van der Waals surface area (Å²) in [6, 6.07) is 3.31. The molecule has 1 saturated carbocycles. The Morgan fingerprint density at radius 3 is 1.86 bits per heavy atom. The number of esters is 1. The molecule has 1 heterocycles. The van der Waals surface area contributed by atoms with Gasteiger partial charge >= 0.3 is 5.97 Å². The highest BCUT2D eigenvalue weighted by Gasteiger charge is 2.40. The van der Waals surface area contributed by atoms with Crippen molar-refractivity contribution in [3.63, 3.8) is 0 Å². The molecule has 3 rings (SSSR count). The lowest BCUT2D eigenvalue weighted by Gasteiger charge is -2.16. The van der Waals surface area contributed by atoms with Gasteiger partial charge in [0, 0.05) is 26.0 Å². The Labute approximate surface area is 214 Å². The molecular formula is C28H41N3O5. The van der Waals surface area contributed by atoms with E-state index in [1.165, 1.54) is 46.0 Å². The van der Waals surface area contributed by atoms with Gasteiger partial charge in [-0.3, -0.25) is 14.4 Å². The van der Waals surface area contributed by atoms with Gasteiger partial charge in [0.1, 0.15) is 17.4 Å². The van der Waals surface area contributed by atoms with E-state index in [-0.39, 0.29) is 23.7 Å². The number of nitrogens with one attached hydrogen (secondary N) is 2. The Bertz CT molecular complexity index is 882. The molecule has 1 aromatic heterocycles. The number of fused-ring (bicyclic) bond motifs is 2. The summed E-state index contributed by atoms with van der Waals surface area (Å²) in [6.07, 6.45) is 16.7. The number of aromatic nitrogens is 1. The fourth-order valence-corrected chi connectivity index (χ4v) is 5.04. The molecule has 8 nitrogen and oxygen atoms in total. The van der Waals surface area contributed by atoms with Crippen molar-refractivity contribution in [2.45, 2.75) is 84.5 Å². The monoisotopic (exact) mass is 499 g/mol. The Kier molecular flexibility index (Phi) is 11.2. The predicted octanol–water partition coefficient (Wildman–Crippen LogP) is 5.64. The average Bonchev–Trinajstić information content (AvgIpc) is 3.45. The Morgan fingerprint density at radius 2 is 1.36 bits per heavy atom. The standard InChI is InChI=1S/C28H41N3O5/c1-20(32)29-26-18-24(19-27(31-26)30-21(2)33)35-14-10-8-6-4-3-5-7-9-11-15-36-28(34)25-17-22-12-13-23(25)16-22/h12-13,18-19,22-23,25H,3-11,14-17H2,1-2H3,(H2,29,30,31,32,33)/t22-,23+,25+/m1/s1. The molecule has 0 saturated heterocycles. The highest BCUT2D eigenvalue weighted by Crippen LogP contribution is 2.43. The maximum absolute atomic E-state index is 12.2. The molecule has 2 N–H and O–H groups in total. The first-order chi connectivity index (χ1) is 17.4. The van der Waals surface area contributed by atoms with Crippen molar-refractivity contribution in [1.29, 1.82) is 0 Å². The number of rotatable bonds is 16. The summed E-state index contributed by atoms with van der Waals surface area (Å²) >= 11 is 0. The second-order valence-corrected chi connectivity index (χ2v) is 10.0. The van der Waals surface area contributed by atoms with Crippen LogP contribution >= 0.6 is 0 Å². The van der Waals surface area contributed by atoms with Crippen LogP contribution in [0.4, 0.5) is 11.6 Å². The van der Waals surface area contributed by atoms with E-state index in [1.54, 1.807) is 12.1 Å². The topological polar surface area (TPSA) is 107 Å². The van der Waals surface area contributed by atoms with Crippen molar-refractivity contribution >= 4 is 29.4 Å². The van der Waals surface area contributed by atoms with Crippen LogP contribution in [0.1, 0.15) is 84.5 Å². The van der Waals surface area contributed by atoms with E-state index in [1.807, 2.05) is 0 Å². The maximum atomic E-state index is 12.2. The number of carbonyl (C=O) groups excluding carboxylic acids is 3. The lowest BCUT2D eigenvalue weighted by Crippen LogP contribution is -2.21. The summed E-state index contributed by atoms with van der Waals surface area (Å²) in [5, 5.41) is 5.24. The van der Waals surface area contributed by atoms with Gasteiger partial charge in [0.2, 0.25) is 11.8 Å². The summed E-state index contributed by atoms with van der Waals surface area (Å²) < 4.78 is 11.3. The van der Waals surface area contributed by atoms with Crippen LogP contribution in [0.5, 0.6) is 5.75 Å². The van der Waals surface area contributed by atoms with Gasteiger partial charge in [0.05, 0.1) is 19.1 Å². The van der Waals surface area contributed by atoms with Crippen LogP contribution < -0.4 is 15.4 Å². The second kappa shape index (κ2) is 14.6. The van der Waals surface area contributed by atoms with Gasteiger partial charge in [-0.25, -0.2) is 4.98 Å². The van der Waals surface area contributed by atoms with Gasteiger partial charge in [-0.15, -0.1) is 0 Å². The van der Waals surface area contributed by atoms with E-state index in [0.29, 0.717) is 42.4 Å². The van der Waals surface area contributed by atoms with E-state index >= 15 is 0 Å². The minimum Gasteiger partial charge on any atom is -0.493 e. The summed E-state index contributed by atoms with van der Waals surface area (Å²) in [5.41, 5.74) is 0. The number of anilines is 2. The van der Waals surface area contributed by atoms with E-state index in [9.17, 15) is 14.4 Å². The van der Waals surface area contributed by atoms with Crippen LogP contribution in [0.2, 0.25) is 0 Å². The van der Waals surface area contributed by atoms with E-state index < -0.39 is 0 Å². The average molecular weight is 500 g/mol. The van der Waals surface area contributed by atoms with Gasteiger partial charge in [0.25, 0.3) is 0 Å². The molecule has 2 aliphatic carbocycles. The molecule has 2 amide bonds. The number of carbonyl (C=O) groups is 3. The SMILES string of the molecule is CC(=O)Nc1cc(OCCCCCCCCCCCOC(=O)[C@H]2C[C@@H]3C=C[C@H]2C3)cc(NC(C)=O)n1. The van der Waals surface area contributed by atoms with Crippen LogP contribution in [0.3, 0.4) is 0 Å². The first-order valence-corrected chi connectivity index (χ1v) is 13.5. The highest BCUT2D eigenvalue weighted by atomic mass is 16.5. The molecule has 0 aliphatic heterocycles. The maximum Gasteiger partial charge on any atom is 0.309 e. The molecule has 8 heteroatoms. The molecule has 1 aromatic rings. The van der Waals surface area contributed by atoms with Crippen LogP contribution in [-0.2, 0) is 19.1 Å². The van der Waals surface area contributed by atoms with Crippen LogP contribution in [0.15, 0.2) is 24.3 Å². The van der Waals surface area contributed by atoms with Gasteiger partial charge in [-0.2, -0.15) is 0 Å². The van der Waals surface area contributed by atoms with Gasteiger partial charge in [-0.1, -0.05) is 57.1 Å². The normalized spacial score (nSPS) is 19.8. The van der Waals surface area contributed by atoms with E-state index in [4.69, 9.17) is 9.47 Å². The third kappa shape index (κ3) is 9.63. The molecule has 2 bridgehead atoms. The van der Waals surface area contributed by atoms with Gasteiger partial charge < -0.3 is 20.1 Å². The predicted molar refractivity (Wildman–Crippen MR) is 140 cm³/mol. The fraction of sp³-hybridized carbons (Fsp3) is 0.643. The van der Waals surface area contributed by atoms with Crippen LogP contribution in [-0.4, -0.2) is 36.0 Å². The molecule has 1 fully saturated rings. The van der Waals surface area contributed by atoms with Crippen molar-refractivity contribution in [2.24, 2.45) is 17.8 Å². The van der Waals surface area contributed by atoms with Gasteiger partial charge in [0.15, 0.2) is 0 Å². The number of nitrogens with zero attached hydrogens (tertiary/aromatic N) is 1. The van der Waals surface area contributed by atoms with Gasteiger partial charge in [-0.05, 0) is 37.5 Å². The summed E-state index contributed by atoms with van der Waals surface area (Å²) in [5.74, 6) is 1.95. The number of hydrogen-bond donors (Lipinski definition) is 2. The lowest BCUT2D eigenvalue weighted by molar-refractivity contribution is -0.149. The summed E-state index contributed by atoms with van der Waals surface area (Å²) in [4.78, 5) is 39.0.